The van der Waals surface area contributed by atoms with Crippen LogP contribution in [0.1, 0.15) is 44.6 Å². The second kappa shape index (κ2) is 5.82. The van der Waals surface area contributed by atoms with Crippen molar-refractivity contribution >= 4 is 22.7 Å². The van der Waals surface area contributed by atoms with E-state index in [1.165, 1.54) is 11.8 Å². The van der Waals surface area contributed by atoms with Crippen LogP contribution in [0.3, 0.4) is 0 Å². The van der Waals surface area contributed by atoms with E-state index >= 15 is 0 Å². The number of hydrogen-bond donors (Lipinski definition) is 1. The van der Waals surface area contributed by atoms with Gasteiger partial charge in [-0.1, -0.05) is 48.5 Å². The molecular weight excluding hydrogens is 296 g/mol. The highest BCUT2D eigenvalue weighted by Crippen LogP contribution is 2.56. The van der Waals surface area contributed by atoms with Gasteiger partial charge in [-0.25, -0.2) is 0 Å². The number of benzene rings is 1. The summed E-state index contributed by atoms with van der Waals surface area (Å²) in [4.78, 5) is 24.9. The van der Waals surface area contributed by atoms with Gasteiger partial charge in [0.2, 0.25) is 0 Å². The molecular formula is C18H22O3S. The summed E-state index contributed by atoms with van der Waals surface area (Å²) >= 11 is 1.27. The number of carbonyl (C=O) groups excluding carboxylic acids is 2. The lowest BCUT2D eigenvalue weighted by Gasteiger charge is -2.47. The number of rotatable bonds is 3. The Balaban J connectivity index is 1.73. The molecule has 118 valence electrons. The third kappa shape index (κ3) is 2.42. The minimum Gasteiger partial charge on any atom is -0.388 e. The van der Waals surface area contributed by atoms with Gasteiger partial charge in [-0.15, -0.1) is 0 Å². The van der Waals surface area contributed by atoms with E-state index in [2.05, 4.69) is 0 Å². The average molecular weight is 318 g/mol. The first-order valence-corrected chi connectivity index (χ1v) is 8.92. The molecule has 0 unspecified atom stereocenters. The monoisotopic (exact) mass is 318 g/mol. The summed E-state index contributed by atoms with van der Waals surface area (Å²) in [5, 5.41) is 11.1. The largest absolute Gasteiger partial charge is 0.388 e. The van der Waals surface area contributed by atoms with Crippen LogP contribution >= 0.6 is 11.8 Å². The third-order valence-corrected chi connectivity index (χ3v) is 6.61. The molecule has 0 spiro atoms. The Morgan fingerprint density at radius 2 is 2.05 bits per heavy atom. The molecule has 3 nitrogen and oxygen atoms in total. The van der Waals surface area contributed by atoms with Crippen LogP contribution in [0.25, 0.3) is 0 Å². The van der Waals surface area contributed by atoms with Crippen LogP contribution in [0.15, 0.2) is 30.3 Å². The van der Waals surface area contributed by atoms with Gasteiger partial charge in [0, 0.05) is 12.2 Å². The van der Waals surface area contributed by atoms with Crippen LogP contribution in [-0.2, 0) is 15.3 Å². The van der Waals surface area contributed by atoms with Crippen molar-refractivity contribution < 1.29 is 14.7 Å². The lowest BCUT2D eigenvalue weighted by molar-refractivity contribution is -0.156. The molecule has 4 heteroatoms. The SMILES string of the molecule is C[C@]12CCC[C@H](C(=O)SCc3ccccc3)[C@@]1(O)CCC2=O. The molecule has 3 rings (SSSR count). The van der Waals surface area contributed by atoms with Gasteiger partial charge in [-0.3, -0.25) is 9.59 Å². The van der Waals surface area contributed by atoms with Crippen LogP contribution in [0.5, 0.6) is 0 Å². The number of Topliss-reactive ketones (excluding diaryl/α,β-unsaturated/α-hetero) is 1. The Morgan fingerprint density at radius 1 is 1.32 bits per heavy atom. The molecule has 2 aliphatic carbocycles. The molecule has 0 aliphatic heterocycles. The maximum atomic E-state index is 12.7. The van der Waals surface area contributed by atoms with Crippen LogP contribution in [-0.4, -0.2) is 21.6 Å². The first kappa shape index (κ1) is 15.8. The second-order valence-corrected chi connectivity index (χ2v) is 7.70. The highest BCUT2D eigenvalue weighted by Gasteiger charge is 2.62. The fraction of sp³-hybridized carbons (Fsp3) is 0.556. The number of ketones is 1. The molecule has 2 aliphatic rings. The topological polar surface area (TPSA) is 54.4 Å². The van der Waals surface area contributed by atoms with E-state index in [0.717, 1.165) is 12.0 Å². The van der Waals surface area contributed by atoms with Gasteiger partial charge in [-0.2, -0.15) is 0 Å². The van der Waals surface area contributed by atoms with E-state index in [0.29, 0.717) is 31.4 Å². The van der Waals surface area contributed by atoms with Gasteiger partial charge in [0.15, 0.2) is 5.12 Å². The number of aliphatic hydroxyl groups is 1. The number of hydrogen-bond acceptors (Lipinski definition) is 4. The van der Waals surface area contributed by atoms with E-state index in [1.54, 1.807) is 0 Å². The predicted octanol–water partition coefficient (Wildman–Crippen LogP) is 3.35. The molecule has 0 heterocycles. The van der Waals surface area contributed by atoms with Gasteiger partial charge >= 0.3 is 0 Å². The molecule has 0 radical (unpaired) electrons. The van der Waals surface area contributed by atoms with E-state index in [9.17, 15) is 14.7 Å². The van der Waals surface area contributed by atoms with Gasteiger partial charge in [0.05, 0.1) is 16.9 Å². The average Bonchev–Trinajstić information content (AvgIpc) is 2.77. The molecule has 0 saturated heterocycles. The van der Waals surface area contributed by atoms with Crippen LogP contribution < -0.4 is 0 Å². The van der Waals surface area contributed by atoms with Crippen molar-refractivity contribution in [1.82, 2.24) is 0 Å². The standard InChI is InChI=1S/C18H22O3S/c1-17-10-5-8-14(18(17,21)11-9-15(17)19)16(20)22-12-13-6-3-2-4-7-13/h2-4,6-7,14,21H,5,8-12H2,1H3/t14-,17-,18+/m1/s1. The summed E-state index contributed by atoms with van der Waals surface area (Å²) in [5.41, 5.74) is -0.754. The van der Waals surface area contributed by atoms with Crippen molar-refractivity contribution in [2.24, 2.45) is 11.3 Å². The fourth-order valence-electron chi connectivity index (χ4n) is 4.05. The lowest BCUT2D eigenvalue weighted by atomic mass is 9.61. The van der Waals surface area contributed by atoms with Gasteiger partial charge in [0.1, 0.15) is 5.78 Å². The third-order valence-electron chi connectivity index (χ3n) is 5.56. The van der Waals surface area contributed by atoms with E-state index < -0.39 is 16.9 Å². The molecule has 0 aromatic heterocycles. The fourth-order valence-corrected chi connectivity index (χ4v) is 5.07. The lowest BCUT2D eigenvalue weighted by Crippen LogP contribution is -2.55. The maximum Gasteiger partial charge on any atom is 0.195 e. The molecule has 22 heavy (non-hydrogen) atoms. The summed E-state index contributed by atoms with van der Waals surface area (Å²) < 4.78 is 0. The Hall–Kier alpha value is -1.13. The maximum absolute atomic E-state index is 12.7. The van der Waals surface area contributed by atoms with Crippen molar-refractivity contribution in [3.8, 4) is 0 Å². The number of thioether (sulfide) groups is 1. The van der Waals surface area contributed by atoms with Crippen LogP contribution in [0, 0.1) is 11.3 Å². The van der Waals surface area contributed by atoms with Gasteiger partial charge in [0.25, 0.3) is 0 Å². The number of carbonyl (C=O) groups is 2. The van der Waals surface area contributed by atoms with E-state index in [4.69, 9.17) is 0 Å². The molecule has 3 atom stereocenters. The van der Waals surface area contributed by atoms with Crippen molar-refractivity contribution in [2.45, 2.75) is 50.4 Å². The molecule has 0 bridgehead atoms. The highest BCUT2D eigenvalue weighted by atomic mass is 32.2. The first-order chi connectivity index (χ1) is 10.5. The Bertz CT molecular complexity index is 585. The van der Waals surface area contributed by atoms with Crippen molar-refractivity contribution in [3.63, 3.8) is 0 Å². The summed E-state index contributed by atoms with van der Waals surface area (Å²) in [6.07, 6.45) is 3.08. The Morgan fingerprint density at radius 3 is 2.77 bits per heavy atom. The van der Waals surface area contributed by atoms with Crippen LogP contribution in [0.2, 0.25) is 0 Å². The zero-order chi connectivity index (χ0) is 15.8. The van der Waals surface area contributed by atoms with E-state index in [-0.39, 0.29) is 10.9 Å². The first-order valence-electron chi connectivity index (χ1n) is 7.94. The zero-order valence-electron chi connectivity index (χ0n) is 12.9. The predicted molar refractivity (Wildman–Crippen MR) is 87.4 cm³/mol. The summed E-state index contributed by atoms with van der Waals surface area (Å²) in [6.45, 7) is 1.85. The molecule has 1 N–H and O–H groups in total. The molecule has 0 amide bonds. The van der Waals surface area contributed by atoms with Crippen LogP contribution in [0.4, 0.5) is 0 Å². The molecule has 1 aromatic carbocycles. The van der Waals surface area contributed by atoms with Gasteiger partial charge < -0.3 is 5.11 Å². The Labute approximate surface area is 135 Å². The minimum atomic E-state index is -1.14. The second-order valence-electron chi connectivity index (χ2n) is 6.72. The molecule has 1 aromatic rings. The smallest absolute Gasteiger partial charge is 0.195 e. The van der Waals surface area contributed by atoms with Crippen molar-refractivity contribution in [1.29, 1.82) is 0 Å². The Kier molecular flexibility index (Phi) is 4.17. The van der Waals surface area contributed by atoms with Crippen molar-refractivity contribution in [3.05, 3.63) is 35.9 Å². The quantitative estimate of drug-likeness (QED) is 0.928. The molecule has 2 saturated carbocycles. The highest BCUT2D eigenvalue weighted by molar-refractivity contribution is 8.13. The zero-order valence-corrected chi connectivity index (χ0v) is 13.7. The van der Waals surface area contributed by atoms with E-state index in [1.807, 2.05) is 37.3 Å². The minimum absolute atomic E-state index is 0.0342. The molecule has 2 fully saturated rings. The van der Waals surface area contributed by atoms with Gasteiger partial charge in [-0.05, 0) is 31.7 Å². The summed E-state index contributed by atoms with van der Waals surface area (Å²) in [7, 11) is 0. The van der Waals surface area contributed by atoms with Crippen molar-refractivity contribution in [2.75, 3.05) is 0 Å². The normalized spacial score (nSPS) is 34.5. The number of fused-ring (bicyclic) bond motifs is 1. The summed E-state index contributed by atoms with van der Waals surface area (Å²) in [5.74, 6) is 0.337. The summed E-state index contributed by atoms with van der Waals surface area (Å²) in [6, 6.07) is 9.87.